The van der Waals surface area contributed by atoms with Gasteiger partial charge in [0.1, 0.15) is 16.7 Å². The topological polar surface area (TPSA) is 43.4 Å². The van der Waals surface area contributed by atoms with Crippen LogP contribution in [0.25, 0.3) is 32.9 Å². The first-order valence-electron chi connectivity index (χ1n) is 5.65. The van der Waals surface area contributed by atoms with E-state index >= 15 is 0 Å². The molecule has 4 aromatic rings. The van der Waals surface area contributed by atoms with Crippen LogP contribution in [-0.4, -0.2) is 6.29 Å². The minimum Gasteiger partial charge on any atom is -0.456 e. The first-order chi connectivity index (χ1) is 8.85. The SMILES string of the molecule is O=Cc1cc2cc3oc4ccccc4c3cc2o1. The minimum absolute atomic E-state index is 0.335. The van der Waals surface area contributed by atoms with E-state index in [2.05, 4.69) is 0 Å². The molecule has 0 saturated carbocycles. The second-order valence-corrected chi connectivity index (χ2v) is 4.25. The Labute approximate surface area is 102 Å². The Bertz CT molecular complexity index is 896. The standard InChI is InChI=1S/C15H8O3/c16-8-10-5-9-6-15-12(7-14(9)17-10)11-3-1-2-4-13(11)18-15/h1-8H. The van der Waals surface area contributed by atoms with Gasteiger partial charge >= 0.3 is 0 Å². The average molecular weight is 236 g/mol. The van der Waals surface area contributed by atoms with Gasteiger partial charge in [-0.1, -0.05) is 18.2 Å². The van der Waals surface area contributed by atoms with Gasteiger partial charge in [-0.2, -0.15) is 0 Å². The summed E-state index contributed by atoms with van der Waals surface area (Å²) in [6, 6.07) is 13.4. The third kappa shape index (κ3) is 1.16. The maximum atomic E-state index is 10.7. The quantitative estimate of drug-likeness (QED) is 0.466. The Morgan fingerprint density at radius 2 is 1.72 bits per heavy atom. The molecule has 2 aromatic heterocycles. The van der Waals surface area contributed by atoms with E-state index in [9.17, 15) is 4.79 Å². The average Bonchev–Trinajstić information content (AvgIpc) is 2.95. The number of rotatable bonds is 1. The zero-order valence-corrected chi connectivity index (χ0v) is 9.34. The van der Waals surface area contributed by atoms with Crippen molar-refractivity contribution in [1.29, 1.82) is 0 Å². The first-order valence-corrected chi connectivity index (χ1v) is 5.65. The molecule has 0 fully saturated rings. The van der Waals surface area contributed by atoms with E-state index in [0.717, 1.165) is 27.3 Å². The maximum absolute atomic E-state index is 10.7. The molecule has 4 rings (SSSR count). The predicted molar refractivity (Wildman–Crippen MR) is 68.9 cm³/mol. The molecule has 0 aliphatic rings. The Hall–Kier alpha value is -2.55. The highest BCUT2D eigenvalue weighted by atomic mass is 16.3. The summed E-state index contributed by atoms with van der Waals surface area (Å²) in [6.45, 7) is 0. The van der Waals surface area contributed by atoms with Crippen LogP contribution < -0.4 is 0 Å². The van der Waals surface area contributed by atoms with Gasteiger partial charge in [-0.05, 0) is 24.3 Å². The van der Waals surface area contributed by atoms with Crippen LogP contribution in [0.5, 0.6) is 0 Å². The summed E-state index contributed by atoms with van der Waals surface area (Å²) in [5.41, 5.74) is 2.37. The van der Waals surface area contributed by atoms with Crippen molar-refractivity contribution in [3.8, 4) is 0 Å². The number of benzene rings is 2. The van der Waals surface area contributed by atoms with Crippen molar-refractivity contribution in [3.05, 3.63) is 48.2 Å². The lowest BCUT2D eigenvalue weighted by molar-refractivity contribution is 0.110. The van der Waals surface area contributed by atoms with Crippen molar-refractivity contribution in [2.45, 2.75) is 0 Å². The molecule has 3 nitrogen and oxygen atoms in total. The van der Waals surface area contributed by atoms with Gasteiger partial charge in [-0.25, -0.2) is 0 Å². The van der Waals surface area contributed by atoms with Crippen LogP contribution in [0.1, 0.15) is 10.6 Å². The fraction of sp³-hybridized carbons (Fsp3) is 0. The molecule has 3 heteroatoms. The molecule has 0 aliphatic heterocycles. The molecule has 2 aromatic carbocycles. The van der Waals surface area contributed by atoms with Crippen LogP contribution in [0.3, 0.4) is 0 Å². The number of carbonyl (C=O) groups excluding carboxylic acids is 1. The Balaban J connectivity index is 2.20. The predicted octanol–water partition coefficient (Wildman–Crippen LogP) is 4.14. The maximum Gasteiger partial charge on any atom is 0.185 e. The van der Waals surface area contributed by atoms with Crippen LogP contribution in [0.15, 0.2) is 51.3 Å². The number of para-hydroxylation sites is 1. The summed E-state index contributed by atoms with van der Waals surface area (Å²) >= 11 is 0. The van der Waals surface area contributed by atoms with Crippen LogP contribution >= 0.6 is 0 Å². The van der Waals surface area contributed by atoms with Crippen LogP contribution in [0, 0.1) is 0 Å². The molecule has 0 aliphatic carbocycles. The molecule has 0 bridgehead atoms. The van der Waals surface area contributed by atoms with Gasteiger partial charge in [0.25, 0.3) is 0 Å². The van der Waals surface area contributed by atoms with E-state index in [1.165, 1.54) is 0 Å². The summed E-state index contributed by atoms with van der Waals surface area (Å²) in [5.74, 6) is 0.335. The number of aldehydes is 1. The molecule has 0 amide bonds. The second-order valence-electron chi connectivity index (χ2n) is 4.25. The van der Waals surface area contributed by atoms with E-state index in [0.29, 0.717) is 17.6 Å². The lowest BCUT2D eigenvalue weighted by Gasteiger charge is -1.89. The minimum atomic E-state index is 0.335. The van der Waals surface area contributed by atoms with E-state index in [1.54, 1.807) is 6.07 Å². The van der Waals surface area contributed by atoms with Crippen molar-refractivity contribution in [1.82, 2.24) is 0 Å². The highest BCUT2D eigenvalue weighted by Crippen LogP contribution is 2.32. The highest BCUT2D eigenvalue weighted by Gasteiger charge is 2.10. The molecule has 0 spiro atoms. The fourth-order valence-corrected chi connectivity index (χ4v) is 2.34. The van der Waals surface area contributed by atoms with Crippen LogP contribution in [-0.2, 0) is 0 Å². The largest absolute Gasteiger partial charge is 0.456 e. The summed E-state index contributed by atoms with van der Waals surface area (Å²) in [6.07, 6.45) is 0.708. The number of furan rings is 2. The summed E-state index contributed by atoms with van der Waals surface area (Å²) in [5, 5.41) is 2.94. The molecule has 18 heavy (non-hydrogen) atoms. The van der Waals surface area contributed by atoms with E-state index in [4.69, 9.17) is 8.83 Å². The normalized spacial score (nSPS) is 11.6. The van der Waals surface area contributed by atoms with Gasteiger partial charge < -0.3 is 8.83 Å². The van der Waals surface area contributed by atoms with Gasteiger partial charge in [0, 0.05) is 16.2 Å². The summed E-state index contributed by atoms with van der Waals surface area (Å²) in [4.78, 5) is 10.7. The Morgan fingerprint density at radius 1 is 0.833 bits per heavy atom. The van der Waals surface area contributed by atoms with Crippen molar-refractivity contribution in [2.24, 2.45) is 0 Å². The van der Waals surface area contributed by atoms with Crippen molar-refractivity contribution < 1.29 is 13.6 Å². The number of carbonyl (C=O) groups is 1. The molecular weight excluding hydrogens is 228 g/mol. The van der Waals surface area contributed by atoms with Crippen molar-refractivity contribution in [2.75, 3.05) is 0 Å². The Kier molecular flexibility index (Phi) is 1.70. The van der Waals surface area contributed by atoms with Crippen molar-refractivity contribution >= 4 is 39.2 Å². The molecule has 86 valence electrons. The molecule has 0 N–H and O–H groups in total. The zero-order valence-electron chi connectivity index (χ0n) is 9.34. The number of fused-ring (bicyclic) bond motifs is 4. The smallest absolute Gasteiger partial charge is 0.185 e. The van der Waals surface area contributed by atoms with E-state index in [-0.39, 0.29) is 0 Å². The van der Waals surface area contributed by atoms with Crippen molar-refractivity contribution in [3.63, 3.8) is 0 Å². The molecule has 2 heterocycles. The van der Waals surface area contributed by atoms with Gasteiger partial charge in [0.05, 0.1) is 0 Å². The third-order valence-corrected chi connectivity index (χ3v) is 3.15. The van der Waals surface area contributed by atoms with E-state index < -0.39 is 0 Å². The number of hydrogen-bond donors (Lipinski definition) is 0. The third-order valence-electron chi connectivity index (χ3n) is 3.15. The van der Waals surface area contributed by atoms with Gasteiger partial charge in [0.15, 0.2) is 12.0 Å². The molecular formula is C15H8O3. The number of hydrogen-bond acceptors (Lipinski definition) is 3. The van der Waals surface area contributed by atoms with Gasteiger partial charge in [-0.3, -0.25) is 4.79 Å². The second kappa shape index (κ2) is 3.23. The Morgan fingerprint density at radius 3 is 2.61 bits per heavy atom. The van der Waals surface area contributed by atoms with Gasteiger partial charge in [-0.15, -0.1) is 0 Å². The molecule has 0 radical (unpaired) electrons. The lowest BCUT2D eigenvalue weighted by Crippen LogP contribution is -1.66. The zero-order chi connectivity index (χ0) is 12.1. The van der Waals surface area contributed by atoms with Gasteiger partial charge in [0.2, 0.25) is 0 Å². The fourth-order valence-electron chi connectivity index (χ4n) is 2.34. The summed E-state index contributed by atoms with van der Waals surface area (Å²) < 4.78 is 11.2. The highest BCUT2D eigenvalue weighted by molar-refractivity contribution is 6.09. The van der Waals surface area contributed by atoms with Crippen LogP contribution in [0.4, 0.5) is 0 Å². The monoisotopic (exact) mass is 236 g/mol. The lowest BCUT2D eigenvalue weighted by atomic mass is 10.1. The first kappa shape index (κ1) is 9.48. The molecule has 0 saturated heterocycles. The molecule has 0 unspecified atom stereocenters. The van der Waals surface area contributed by atoms with E-state index in [1.807, 2.05) is 36.4 Å². The van der Waals surface area contributed by atoms with Crippen LogP contribution in [0.2, 0.25) is 0 Å². The summed E-state index contributed by atoms with van der Waals surface area (Å²) in [7, 11) is 0. The molecule has 0 atom stereocenters.